The van der Waals surface area contributed by atoms with Gasteiger partial charge in [-0.1, -0.05) is 12.1 Å². The fraction of sp³-hybridized carbons (Fsp3) is 0.312. The van der Waals surface area contributed by atoms with E-state index in [1.54, 1.807) is 0 Å². The smallest absolute Gasteiger partial charge is 0.0942 e. The number of nitrogens with zero attached hydrogens (tertiary/aromatic N) is 1. The van der Waals surface area contributed by atoms with Crippen molar-refractivity contribution < 1.29 is 10.2 Å². The Labute approximate surface area is 119 Å². The van der Waals surface area contributed by atoms with Crippen molar-refractivity contribution in [2.45, 2.75) is 18.9 Å². The number of hydrogen-bond acceptors (Lipinski definition) is 4. The van der Waals surface area contributed by atoms with Gasteiger partial charge in [-0.3, -0.25) is 4.98 Å². The lowest BCUT2D eigenvalue weighted by atomic mass is 10.0. The molecule has 2 aromatic rings. The Hall–Kier alpha value is -1.91. The molecule has 0 bridgehead atoms. The van der Waals surface area contributed by atoms with E-state index < -0.39 is 6.10 Å². The zero-order chi connectivity index (χ0) is 14.2. The Morgan fingerprint density at radius 2 is 1.80 bits per heavy atom. The molecule has 0 fully saturated rings. The lowest BCUT2D eigenvalue weighted by molar-refractivity contribution is 0.105. The van der Waals surface area contributed by atoms with Gasteiger partial charge in [-0.15, -0.1) is 0 Å². The van der Waals surface area contributed by atoms with Gasteiger partial charge in [0.15, 0.2) is 0 Å². The number of aryl methyl sites for hydroxylation is 2. The van der Waals surface area contributed by atoms with Crippen LogP contribution in [0.2, 0.25) is 0 Å². The summed E-state index contributed by atoms with van der Waals surface area (Å²) in [5, 5.41) is 21.2. The summed E-state index contributed by atoms with van der Waals surface area (Å²) in [5.41, 5.74) is 3.48. The minimum atomic E-state index is -0.726. The summed E-state index contributed by atoms with van der Waals surface area (Å²) in [6.07, 6.45) is 4.83. The largest absolute Gasteiger partial charge is 0.394 e. The first-order chi connectivity index (χ1) is 9.78. The van der Waals surface area contributed by atoms with E-state index in [2.05, 4.69) is 22.4 Å². The van der Waals surface area contributed by atoms with Gasteiger partial charge in [-0.05, 0) is 48.2 Å². The molecule has 20 heavy (non-hydrogen) atoms. The third-order valence-electron chi connectivity index (χ3n) is 3.13. The lowest BCUT2D eigenvalue weighted by Crippen LogP contribution is -2.22. The van der Waals surface area contributed by atoms with Crippen molar-refractivity contribution >= 4 is 5.69 Å². The fourth-order valence-electron chi connectivity index (χ4n) is 1.98. The molecule has 1 aromatic heterocycles. The van der Waals surface area contributed by atoms with E-state index in [1.807, 2.05) is 36.7 Å². The molecule has 4 heteroatoms. The Bertz CT molecular complexity index is 517. The van der Waals surface area contributed by atoms with Gasteiger partial charge < -0.3 is 15.5 Å². The maximum absolute atomic E-state index is 9.32. The highest BCUT2D eigenvalue weighted by Gasteiger charge is 2.02. The highest BCUT2D eigenvalue weighted by molar-refractivity contribution is 5.46. The maximum Gasteiger partial charge on any atom is 0.0942 e. The minimum absolute atomic E-state index is 0.227. The lowest BCUT2D eigenvalue weighted by Gasteiger charge is -2.11. The summed E-state index contributed by atoms with van der Waals surface area (Å²) in [6, 6.07) is 12.2. The Morgan fingerprint density at radius 3 is 2.55 bits per heavy atom. The zero-order valence-corrected chi connectivity index (χ0v) is 11.4. The predicted octanol–water partition coefficient (Wildman–Crippen LogP) is 1.63. The Balaban J connectivity index is 1.89. The molecule has 106 valence electrons. The van der Waals surface area contributed by atoms with Crippen LogP contribution in [-0.2, 0) is 12.8 Å². The summed E-state index contributed by atoms with van der Waals surface area (Å²) in [7, 11) is 0. The molecule has 0 spiro atoms. The molecule has 0 saturated heterocycles. The van der Waals surface area contributed by atoms with E-state index in [9.17, 15) is 5.11 Å². The summed E-state index contributed by atoms with van der Waals surface area (Å²) < 4.78 is 0. The predicted molar refractivity (Wildman–Crippen MR) is 79.7 cm³/mol. The van der Waals surface area contributed by atoms with E-state index in [0.29, 0.717) is 6.54 Å². The second kappa shape index (κ2) is 7.62. The molecule has 4 nitrogen and oxygen atoms in total. The van der Waals surface area contributed by atoms with Crippen LogP contribution in [-0.4, -0.2) is 34.5 Å². The van der Waals surface area contributed by atoms with E-state index in [1.165, 1.54) is 11.1 Å². The number of aliphatic hydroxyl groups is 2. The molecule has 1 aromatic carbocycles. The average molecular weight is 272 g/mol. The van der Waals surface area contributed by atoms with Gasteiger partial charge in [-0.25, -0.2) is 0 Å². The van der Waals surface area contributed by atoms with Crippen molar-refractivity contribution in [1.82, 2.24) is 4.98 Å². The monoisotopic (exact) mass is 272 g/mol. The van der Waals surface area contributed by atoms with Crippen LogP contribution < -0.4 is 5.32 Å². The molecule has 1 atom stereocenters. The van der Waals surface area contributed by atoms with Crippen LogP contribution in [0.15, 0.2) is 48.8 Å². The Morgan fingerprint density at radius 1 is 1.05 bits per heavy atom. The first-order valence-corrected chi connectivity index (χ1v) is 6.78. The normalized spacial score (nSPS) is 12.1. The third kappa shape index (κ3) is 4.64. The first kappa shape index (κ1) is 14.5. The summed E-state index contributed by atoms with van der Waals surface area (Å²) in [5.74, 6) is 0. The molecule has 0 radical (unpaired) electrons. The third-order valence-corrected chi connectivity index (χ3v) is 3.13. The van der Waals surface area contributed by atoms with Gasteiger partial charge >= 0.3 is 0 Å². The fourth-order valence-corrected chi connectivity index (χ4v) is 1.98. The minimum Gasteiger partial charge on any atom is -0.394 e. The number of anilines is 1. The standard InChI is InChI=1S/C16H20N2O2/c19-12-16(20)11-18-15-3-1-2-14(10-15)5-4-13-6-8-17-9-7-13/h1-3,6-10,16,18-20H,4-5,11-12H2. The number of aromatic nitrogens is 1. The Kier molecular flexibility index (Phi) is 5.53. The zero-order valence-electron chi connectivity index (χ0n) is 11.4. The van der Waals surface area contributed by atoms with Crippen LogP contribution in [0, 0.1) is 0 Å². The molecule has 1 heterocycles. The van der Waals surface area contributed by atoms with Gasteiger partial charge in [0.2, 0.25) is 0 Å². The van der Waals surface area contributed by atoms with Crippen molar-refractivity contribution in [2.75, 3.05) is 18.5 Å². The maximum atomic E-state index is 9.32. The molecule has 0 amide bonds. The number of rotatable bonds is 7. The van der Waals surface area contributed by atoms with Crippen LogP contribution in [0.1, 0.15) is 11.1 Å². The molecule has 1 unspecified atom stereocenters. The van der Waals surface area contributed by atoms with Crippen LogP contribution in [0.4, 0.5) is 5.69 Å². The molecule has 0 aliphatic rings. The highest BCUT2D eigenvalue weighted by Crippen LogP contribution is 2.13. The van der Waals surface area contributed by atoms with Gasteiger partial charge in [0.25, 0.3) is 0 Å². The van der Waals surface area contributed by atoms with Crippen LogP contribution >= 0.6 is 0 Å². The summed E-state index contributed by atoms with van der Waals surface area (Å²) in [4.78, 5) is 4.01. The van der Waals surface area contributed by atoms with Crippen molar-refractivity contribution in [1.29, 1.82) is 0 Å². The number of hydrogen-bond donors (Lipinski definition) is 3. The quantitative estimate of drug-likeness (QED) is 0.717. The van der Waals surface area contributed by atoms with Crippen molar-refractivity contribution in [3.63, 3.8) is 0 Å². The second-order valence-corrected chi connectivity index (χ2v) is 4.77. The van der Waals surface area contributed by atoms with Gasteiger partial charge in [0.1, 0.15) is 0 Å². The van der Waals surface area contributed by atoms with Gasteiger partial charge in [0.05, 0.1) is 12.7 Å². The SMILES string of the molecule is OCC(O)CNc1cccc(CCc2ccncc2)c1. The number of benzene rings is 1. The highest BCUT2D eigenvalue weighted by atomic mass is 16.3. The van der Waals surface area contributed by atoms with E-state index in [4.69, 9.17) is 5.11 Å². The molecule has 0 aliphatic carbocycles. The molecular formula is C16H20N2O2. The van der Waals surface area contributed by atoms with Crippen molar-refractivity contribution in [3.05, 3.63) is 59.9 Å². The van der Waals surface area contributed by atoms with Crippen molar-refractivity contribution in [3.8, 4) is 0 Å². The second-order valence-electron chi connectivity index (χ2n) is 4.77. The molecule has 0 aliphatic heterocycles. The molecule has 3 N–H and O–H groups in total. The number of aliphatic hydroxyl groups excluding tert-OH is 2. The van der Waals surface area contributed by atoms with Gasteiger partial charge in [-0.2, -0.15) is 0 Å². The van der Waals surface area contributed by atoms with Crippen molar-refractivity contribution in [2.24, 2.45) is 0 Å². The van der Waals surface area contributed by atoms with Crippen LogP contribution in [0.3, 0.4) is 0 Å². The summed E-state index contributed by atoms with van der Waals surface area (Å²) in [6.45, 7) is 0.124. The number of pyridine rings is 1. The molecule has 0 saturated carbocycles. The molecule has 2 rings (SSSR count). The van der Waals surface area contributed by atoms with Crippen LogP contribution in [0.5, 0.6) is 0 Å². The molecular weight excluding hydrogens is 252 g/mol. The average Bonchev–Trinajstić information content (AvgIpc) is 2.52. The summed E-state index contributed by atoms with van der Waals surface area (Å²) >= 11 is 0. The van der Waals surface area contributed by atoms with Gasteiger partial charge in [0, 0.05) is 24.6 Å². The van der Waals surface area contributed by atoms with E-state index in [0.717, 1.165) is 18.5 Å². The van der Waals surface area contributed by atoms with E-state index in [-0.39, 0.29) is 6.61 Å². The van der Waals surface area contributed by atoms with Crippen LogP contribution in [0.25, 0.3) is 0 Å². The topological polar surface area (TPSA) is 65.4 Å². The van der Waals surface area contributed by atoms with E-state index >= 15 is 0 Å². The first-order valence-electron chi connectivity index (χ1n) is 6.78. The number of nitrogens with one attached hydrogen (secondary N) is 1.